The maximum atomic E-state index is 11.7. The zero-order chi connectivity index (χ0) is 17.5. The highest BCUT2D eigenvalue weighted by atomic mass is 16.5. The molecule has 0 unspecified atom stereocenters. The maximum Gasteiger partial charge on any atom is 0.306 e. The van der Waals surface area contributed by atoms with Gasteiger partial charge in [0.25, 0.3) is 0 Å². The fourth-order valence-corrected chi connectivity index (χ4v) is 2.00. The van der Waals surface area contributed by atoms with Crippen LogP contribution < -0.4 is 0 Å². The van der Waals surface area contributed by atoms with E-state index in [4.69, 9.17) is 9.47 Å². The van der Waals surface area contributed by atoms with Crippen LogP contribution in [-0.2, 0) is 19.1 Å². The SMILES string of the molecule is C=CCC(CC=C)OC(=O)CCCC(=O)OC(CC=C)CC=C. The summed E-state index contributed by atoms with van der Waals surface area (Å²) in [5, 5.41) is 0. The Hall–Kier alpha value is -2.10. The van der Waals surface area contributed by atoms with Crippen molar-refractivity contribution in [3.63, 3.8) is 0 Å². The van der Waals surface area contributed by atoms with Crippen LogP contribution in [0.15, 0.2) is 50.6 Å². The van der Waals surface area contributed by atoms with Crippen molar-refractivity contribution in [2.75, 3.05) is 0 Å². The second-order valence-corrected chi connectivity index (χ2v) is 5.17. The predicted molar refractivity (Wildman–Crippen MR) is 92.9 cm³/mol. The molecule has 0 rings (SSSR count). The monoisotopic (exact) mass is 320 g/mol. The molecule has 0 aromatic rings. The molecule has 128 valence electrons. The van der Waals surface area contributed by atoms with Crippen molar-refractivity contribution < 1.29 is 19.1 Å². The van der Waals surface area contributed by atoms with Crippen LogP contribution in [0.5, 0.6) is 0 Å². The maximum absolute atomic E-state index is 11.7. The predicted octanol–water partition coefficient (Wildman–Crippen LogP) is 4.28. The fourth-order valence-electron chi connectivity index (χ4n) is 2.00. The van der Waals surface area contributed by atoms with Gasteiger partial charge in [0.15, 0.2) is 0 Å². The van der Waals surface area contributed by atoms with Crippen LogP contribution in [0, 0.1) is 0 Å². The van der Waals surface area contributed by atoms with Crippen LogP contribution >= 0.6 is 0 Å². The molecule has 0 amide bonds. The van der Waals surface area contributed by atoms with Crippen LogP contribution in [0.2, 0.25) is 0 Å². The second-order valence-electron chi connectivity index (χ2n) is 5.17. The van der Waals surface area contributed by atoms with Crippen LogP contribution in [0.4, 0.5) is 0 Å². The normalized spacial score (nSPS) is 10.2. The van der Waals surface area contributed by atoms with Gasteiger partial charge in [-0.1, -0.05) is 24.3 Å². The van der Waals surface area contributed by atoms with Gasteiger partial charge < -0.3 is 9.47 Å². The molecule has 4 heteroatoms. The first-order chi connectivity index (χ1) is 11.1. The van der Waals surface area contributed by atoms with Crippen molar-refractivity contribution in [3.05, 3.63) is 50.6 Å². The van der Waals surface area contributed by atoms with Gasteiger partial charge in [-0.2, -0.15) is 0 Å². The third-order valence-electron chi connectivity index (χ3n) is 3.08. The zero-order valence-electron chi connectivity index (χ0n) is 13.9. The van der Waals surface area contributed by atoms with E-state index in [0.29, 0.717) is 32.1 Å². The number of rotatable bonds is 14. The van der Waals surface area contributed by atoms with Crippen molar-refractivity contribution in [1.82, 2.24) is 0 Å². The standard InChI is InChI=1S/C19H28O4/c1-5-10-16(11-6-2)22-18(20)14-9-15-19(21)23-17(12-7-3)13-8-4/h5-8,16-17H,1-4,9-15H2. The van der Waals surface area contributed by atoms with Crippen LogP contribution in [0.25, 0.3) is 0 Å². The van der Waals surface area contributed by atoms with Gasteiger partial charge >= 0.3 is 11.9 Å². The highest BCUT2D eigenvalue weighted by molar-refractivity contribution is 5.72. The number of carbonyl (C=O) groups is 2. The van der Waals surface area contributed by atoms with Gasteiger partial charge in [0.05, 0.1) is 0 Å². The minimum atomic E-state index is -0.319. The fraction of sp³-hybridized carbons (Fsp3) is 0.474. The first-order valence-electron chi connectivity index (χ1n) is 7.89. The lowest BCUT2D eigenvalue weighted by molar-refractivity contribution is -0.150. The van der Waals surface area contributed by atoms with Crippen molar-refractivity contribution in [2.24, 2.45) is 0 Å². The molecule has 0 saturated heterocycles. The van der Waals surface area contributed by atoms with Gasteiger partial charge in [-0.3, -0.25) is 9.59 Å². The lowest BCUT2D eigenvalue weighted by Gasteiger charge is -2.15. The topological polar surface area (TPSA) is 52.6 Å². The molecule has 0 atom stereocenters. The minimum Gasteiger partial charge on any atom is -0.462 e. The molecular formula is C19H28O4. The molecule has 0 aliphatic carbocycles. The van der Waals surface area contributed by atoms with Gasteiger partial charge in [0.2, 0.25) is 0 Å². The van der Waals surface area contributed by atoms with Crippen molar-refractivity contribution in [2.45, 2.75) is 57.2 Å². The second kappa shape index (κ2) is 13.6. The summed E-state index contributed by atoms with van der Waals surface area (Å²) < 4.78 is 10.6. The average molecular weight is 320 g/mol. The summed E-state index contributed by atoms with van der Waals surface area (Å²) in [5.74, 6) is -0.638. The van der Waals surface area contributed by atoms with E-state index in [2.05, 4.69) is 26.3 Å². The number of carbonyl (C=O) groups excluding carboxylic acids is 2. The Morgan fingerprint density at radius 2 is 1.00 bits per heavy atom. The minimum absolute atomic E-state index is 0.188. The smallest absolute Gasteiger partial charge is 0.306 e. The van der Waals surface area contributed by atoms with Gasteiger partial charge in [0.1, 0.15) is 12.2 Å². The molecular weight excluding hydrogens is 292 g/mol. The summed E-state index contributed by atoms with van der Waals surface area (Å²) in [4.78, 5) is 23.5. The summed E-state index contributed by atoms with van der Waals surface area (Å²) in [7, 11) is 0. The first-order valence-corrected chi connectivity index (χ1v) is 7.89. The Kier molecular flexibility index (Phi) is 12.3. The highest BCUT2D eigenvalue weighted by Crippen LogP contribution is 2.11. The molecule has 4 nitrogen and oxygen atoms in total. The van der Waals surface area contributed by atoms with Gasteiger partial charge in [-0.15, -0.1) is 26.3 Å². The van der Waals surface area contributed by atoms with E-state index in [9.17, 15) is 9.59 Å². The summed E-state index contributed by atoms with van der Waals surface area (Å²) >= 11 is 0. The number of esters is 2. The molecule has 23 heavy (non-hydrogen) atoms. The van der Waals surface area contributed by atoms with Gasteiger partial charge in [-0.05, 0) is 6.42 Å². The number of hydrogen-bond donors (Lipinski definition) is 0. The number of ether oxygens (including phenoxy) is 2. The Morgan fingerprint density at radius 3 is 1.26 bits per heavy atom. The summed E-state index contributed by atoms with van der Waals surface area (Å²) in [5.41, 5.74) is 0. The van der Waals surface area contributed by atoms with Gasteiger partial charge in [0, 0.05) is 38.5 Å². The molecule has 0 aromatic heterocycles. The lowest BCUT2D eigenvalue weighted by atomic mass is 10.1. The van der Waals surface area contributed by atoms with E-state index in [0.717, 1.165) is 0 Å². The molecule has 0 aliphatic rings. The van der Waals surface area contributed by atoms with Crippen LogP contribution in [0.3, 0.4) is 0 Å². The van der Waals surface area contributed by atoms with Crippen molar-refractivity contribution >= 4 is 11.9 Å². The Bertz CT molecular complexity index is 354. The molecule has 0 fully saturated rings. The quantitative estimate of drug-likeness (QED) is 0.354. The molecule has 0 bridgehead atoms. The summed E-state index contributed by atoms with van der Waals surface area (Å²) in [6, 6.07) is 0. The third-order valence-corrected chi connectivity index (χ3v) is 3.08. The Balaban J connectivity index is 4.06. The molecule has 0 N–H and O–H groups in total. The van der Waals surface area contributed by atoms with E-state index >= 15 is 0 Å². The van der Waals surface area contributed by atoms with Gasteiger partial charge in [-0.25, -0.2) is 0 Å². The first kappa shape index (κ1) is 20.9. The van der Waals surface area contributed by atoms with E-state index in [1.807, 2.05) is 0 Å². The molecule has 0 aliphatic heterocycles. The zero-order valence-corrected chi connectivity index (χ0v) is 13.9. The molecule has 0 saturated carbocycles. The average Bonchev–Trinajstić information content (AvgIpc) is 2.48. The molecule has 0 spiro atoms. The van der Waals surface area contributed by atoms with Crippen molar-refractivity contribution in [1.29, 1.82) is 0 Å². The molecule has 0 heterocycles. The number of hydrogen-bond acceptors (Lipinski definition) is 4. The molecule has 0 radical (unpaired) electrons. The van der Waals surface area contributed by atoms with E-state index in [-0.39, 0.29) is 37.0 Å². The van der Waals surface area contributed by atoms with E-state index in [1.54, 1.807) is 24.3 Å². The third kappa shape index (κ3) is 11.2. The van der Waals surface area contributed by atoms with E-state index in [1.165, 1.54) is 0 Å². The lowest BCUT2D eigenvalue weighted by Crippen LogP contribution is -2.19. The molecule has 0 aromatic carbocycles. The largest absolute Gasteiger partial charge is 0.462 e. The highest BCUT2D eigenvalue weighted by Gasteiger charge is 2.14. The Morgan fingerprint density at radius 1 is 0.696 bits per heavy atom. The van der Waals surface area contributed by atoms with E-state index < -0.39 is 0 Å². The summed E-state index contributed by atoms with van der Waals surface area (Å²) in [6.07, 6.45) is 9.50. The Labute approximate surface area is 139 Å². The van der Waals surface area contributed by atoms with Crippen LogP contribution in [0.1, 0.15) is 44.9 Å². The van der Waals surface area contributed by atoms with Crippen molar-refractivity contribution in [3.8, 4) is 0 Å². The van der Waals surface area contributed by atoms with Crippen LogP contribution in [-0.4, -0.2) is 24.1 Å². The summed E-state index contributed by atoms with van der Waals surface area (Å²) in [6.45, 7) is 14.5.